The molecule has 0 amide bonds. The van der Waals surface area contributed by atoms with E-state index in [1.54, 1.807) is 78.2 Å². The average molecular weight is 802 g/mol. The molecule has 1 fully saturated rings. The van der Waals surface area contributed by atoms with Gasteiger partial charge in [-0.3, -0.25) is 0 Å². The molecule has 23 heteroatoms. The molecule has 3 unspecified atom stereocenters. The first kappa shape index (κ1) is 45.2. The van der Waals surface area contributed by atoms with Gasteiger partial charge in [0, 0.05) is 96.3 Å². The summed E-state index contributed by atoms with van der Waals surface area (Å²) in [5, 5.41) is 0. The summed E-state index contributed by atoms with van der Waals surface area (Å²) < 4.78 is 92.1. The van der Waals surface area contributed by atoms with Crippen LogP contribution >= 0.6 is 0 Å². The fourth-order valence-corrected chi connectivity index (χ4v) is 37.6. The second-order valence-electron chi connectivity index (χ2n) is 11.6. The third-order valence-corrected chi connectivity index (χ3v) is 38.0. The number of hydrogen-bond donors (Lipinski definition) is 0. The van der Waals surface area contributed by atoms with E-state index in [9.17, 15) is 0 Å². The van der Waals surface area contributed by atoms with Crippen molar-refractivity contribution in [2.45, 2.75) is 74.5 Å². The normalized spacial score (nSPS) is 25.9. The Hall–Kier alpha value is 1.14. The molecule has 1 radical (unpaired) electrons. The third kappa shape index (κ3) is 12.7. The SMILES string of the molecule is CO[Si](C)(CC[Si]1(C)O[Si](CC[Si](OC)(OC)OC)O[Si](C)(CC[Si](OC)(OC)OC)O[Si](C)(CC[Si](OC)(OC)OC)O1)OC. The molecule has 0 aromatic carbocycles. The van der Waals surface area contributed by atoms with Crippen molar-refractivity contribution in [2.75, 3.05) is 78.2 Å². The van der Waals surface area contributed by atoms with Gasteiger partial charge in [0.25, 0.3) is 0 Å². The summed E-state index contributed by atoms with van der Waals surface area (Å²) in [6, 6.07) is 4.46. The highest BCUT2D eigenvalue weighted by molar-refractivity contribution is 6.91. The summed E-state index contributed by atoms with van der Waals surface area (Å²) in [5.41, 5.74) is 0. The Morgan fingerprint density at radius 1 is 0.435 bits per heavy atom. The molecule has 1 rings (SSSR count). The zero-order valence-corrected chi connectivity index (χ0v) is 38.8. The number of hydrogen-bond acceptors (Lipinski definition) is 15. The van der Waals surface area contributed by atoms with E-state index in [0.29, 0.717) is 48.4 Å². The lowest BCUT2D eigenvalue weighted by Crippen LogP contribution is -2.65. The molecule has 0 aliphatic carbocycles. The van der Waals surface area contributed by atoms with Crippen LogP contribution in [0.5, 0.6) is 0 Å². The van der Waals surface area contributed by atoms with Crippen LogP contribution < -0.4 is 0 Å². The van der Waals surface area contributed by atoms with Gasteiger partial charge < -0.3 is 65.1 Å². The van der Waals surface area contributed by atoms with Crippen LogP contribution in [-0.2, 0) is 65.1 Å². The minimum atomic E-state index is -3.06. The molecule has 0 N–H and O–H groups in total. The zero-order valence-electron chi connectivity index (χ0n) is 30.8. The molecule has 275 valence electrons. The Morgan fingerprint density at radius 3 is 1.07 bits per heavy atom. The molecule has 0 bridgehead atoms. The van der Waals surface area contributed by atoms with E-state index in [0.717, 1.165) is 0 Å². The van der Waals surface area contributed by atoms with E-state index in [4.69, 9.17) is 65.1 Å². The molecule has 15 nitrogen and oxygen atoms in total. The molecule has 1 aliphatic rings. The molecular formula is C23H61O15Si8. The van der Waals surface area contributed by atoms with E-state index >= 15 is 0 Å². The largest absolute Gasteiger partial charge is 0.500 e. The van der Waals surface area contributed by atoms with Gasteiger partial charge in [0.1, 0.15) is 0 Å². The molecular weight excluding hydrogens is 741 g/mol. The van der Waals surface area contributed by atoms with Crippen molar-refractivity contribution in [3.05, 3.63) is 0 Å². The minimum absolute atomic E-state index is 0.499. The maximum atomic E-state index is 7.24. The van der Waals surface area contributed by atoms with E-state index in [1.165, 1.54) is 0 Å². The van der Waals surface area contributed by atoms with Crippen molar-refractivity contribution in [3.8, 4) is 0 Å². The molecule has 46 heavy (non-hydrogen) atoms. The van der Waals surface area contributed by atoms with Crippen molar-refractivity contribution in [3.63, 3.8) is 0 Å². The number of rotatable bonds is 23. The predicted octanol–water partition coefficient (Wildman–Crippen LogP) is 3.77. The van der Waals surface area contributed by atoms with E-state index < -0.39 is 69.9 Å². The minimum Gasteiger partial charge on any atom is -0.416 e. The quantitative estimate of drug-likeness (QED) is 0.139. The van der Waals surface area contributed by atoms with Crippen LogP contribution in [0.25, 0.3) is 0 Å². The van der Waals surface area contributed by atoms with Gasteiger partial charge in [-0.25, -0.2) is 0 Å². The topological polar surface area (TPSA) is 138 Å². The molecule has 0 spiro atoms. The predicted molar refractivity (Wildman–Crippen MR) is 189 cm³/mol. The van der Waals surface area contributed by atoms with Gasteiger partial charge in [0.2, 0.25) is 0 Å². The monoisotopic (exact) mass is 801 g/mol. The summed E-state index contributed by atoms with van der Waals surface area (Å²) in [5.74, 6) is 0. The van der Waals surface area contributed by atoms with E-state index in [1.807, 2.05) is 6.55 Å². The molecule has 1 aliphatic heterocycles. The molecule has 1 heterocycles. The summed E-state index contributed by atoms with van der Waals surface area (Å²) in [7, 11) is -4.53. The Bertz CT molecular complexity index is 847. The Balaban J connectivity index is 3.66. The Labute approximate surface area is 286 Å². The van der Waals surface area contributed by atoms with Crippen LogP contribution in [-0.4, -0.2) is 148 Å². The van der Waals surface area contributed by atoms with Gasteiger partial charge in [-0.15, -0.1) is 0 Å². The van der Waals surface area contributed by atoms with Crippen LogP contribution in [0.3, 0.4) is 0 Å². The standard InChI is InChI=1S/C23H61O15Si8/c1-24-40(12,25-2)18-19-41(13)35-39(16-17-44(26-3,27-4)28-5)36-42(14,20-22-45(29-6,30-7)31-8)38-43(15,37-41)21-23-46(32-9,33-10)34-11/h16-23H2,1-15H3. The van der Waals surface area contributed by atoms with Crippen molar-refractivity contribution in [1.82, 2.24) is 0 Å². The van der Waals surface area contributed by atoms with Gasteiger partial charge in [0.15, 0.2) is 0 Å². The maximum Gasteiger partial charge on any atom is 0.500 e. The molecule has 1 saturated heterocycles. The first-order valence-electron chi connectivity index (χ1n) is 15.2. The maximum absolute atomic E-state index is 7.24. The van der Waals surface area contributed by atoms with E-state index in [-0.39, 0.29) is 0 Å². The van der Waals surface area contributed by atoms with Crippen molar-refractivity contribution in [1.29, 1.82) is 0 Å². The lowest BCUT2D eigenvalue weighted by Gasteiger charge is -2.48. The van der Waals surface area contributed by atoms with Crippen molar-refractivity contribution in [2.24, 2.45) is 0 Å². The highest BCUT2D eigenvalue weighted by Gasteiger charge is 2.57. The molecule has 0 saturated carbocycles. The zero-order chi connectivity index (χ0) is 35.3. The summed E-state index contributed by atoms with van der Waals surface area (Å²) in [6.07, 6.45) is 0. The second-order valence-corrected chi connectivity index (χ2v) is 37.3. The molecule has 0 aromatic rings. The highest BCUT2D eigenvalue weighted by Crippen LogP contribution is 2.39. The second kappa shape index (κ2) is 19.7. The van der Waals surface area contributed by atoms with Gasteiger partial charge in [0.05, 0.1) is 0 Å². The molecule has 3 atom stereocenters. The van der Waals surface area contributed by atoms with Gasteiger partial charge >= 0.3 is 69.9 Å². The lowest BCUT2D eigenvalue weighted by atomic mass is 10.9. The van der Waals surface area contributed by atoms with Gasteiger partial charge in [-0.2, -0.15) is 0 Å². The first-order chi connectivity index (χ1) is 21.5. The lowest BCUT2D eigenvalue weighted by molar-refractivity contribution is 0.123. The fourth-order valence-electron chi connectivity index (χ4n) is 5.31. The van der Waals surface area contributed by atoms with Crippen LogP contribution in [0.4, 0.5) is 0 Å². The molecule has 0 aromatic heterocycles. The summed E-state index contributed by atoms with van der Waals surface area (Å²) >= 11 is 0. The average Bonchev–Trinajstić information content (AvgIpc) is 3.05. The van der Waals surface area contributed by atoms with Gasteiger partial charge in [-0.05, 0) is 56.4 Å². The Morgan fingerprint density at radius 2 is 0.739 bits per heavy atom. The van der Waals surface area contributed by atoms with Crippen LogP contribution in [0.2, 0.25) is 74.5 Å². The van der Waals surface area contributed by atoms with Crippen LogP contribution in [0, 0.1) is 0 Å². The third-order valence-electron chi connectivity index (χ3n) is 8.62. The van der Waals surface area contributed by atoms with Crippen molar-refractivity contribution >= 4 is 69.9 Å². The van der Waals surface area contributed by atoms with Gasteiger partial charge in [-0.1, -0.05) is 0 Å². The van der Waals surface area contributed by atoms with Crippen LogP contribution in [0.15, 0.2) is 0 Å². The summed E-state index contributed by atoms with van der Waals surface area (Å²) in [6.45, 7) is 8.25. The fraction of sp³-hybridized carbons (Fsp3) is 1.00. The summed E-state index contributed by atoms with van der Waals surface area (Å²) in [4.78, 5) is 0. The smallest absolute Gasteiger partial charge is 0.416 e. The first-order valence-corrected chi connectivity index (χ1v) is 32.6. The highest BCUT2D eigenvalue weighted by atomic mass is 28.5. The van der Waals surface area contributed by atoms with Crippen molar-refractivity contribution < 1.29 is 65.1 Å². The Kier molecular flexibility index (Phi) is 19.3. The van der Waals surface area contributed by atoms with Crippen LogP contribution in [0.1, 0.15) is 0 Å². The van der Waals surface area contributed by atoms with E-state index in [2.05, 4.69) is 19.6 Å².